The molecule has 196 valence electrons. The van der Waals surface area contributed by atoms with Crippen LogP contribution in [0.4, 0.5) is 5.69 Å². The van der Waals surface area contributed by atoms with Gasteiger partial charge in [-0.05, 0) is 42.5 Å². The smallest absolute Gasteiger partial charge is 0.341 e. The molecule has 0 spiro atoms. The van der Waals surface area contributed by atoms with Gasteiger partial charge in [0.05, 0.1) is 29.2 Å². The molecule has 0 aliphatic rings. The standard InChI is InChI=1S/C26H17BrN4O8/c1-37-21-9-14(8-19(31(35)36)24(21)38-13-23(32)33)12-28-30-25(29-18-5-3-2-4-17(18)26(30)34)22-11-15-10-16(27)6-7-20(15)39-22/h2-12H,13H2,1H3,(H,32,33). The zero-order valence-electron chi connectivity index (χ0n) is 20.0. The van der Waals surface area contributed by atoms with Crippen molar-refractivity contribution in [1.29, 1.82) is 0 Å². The number of methoxy groups -OCH3 is 1. The number of aliphatic carboxylic acids is 1. The van der Waals surface area contributed by atoms with Gasteiger partial charge in [-0.25, -0.2) is 9.78 Å². The summed E-state index contributed by atoms with van der Waals surface area (Å²) in [7, 11) is 1.25. The number of rotatable bonds is 8. The third-order valence-electron chi connectivity index (χ3n) is 5.59. The Morgan fingerprint density at radius 2 is 2.03 bits per heavy atom. The van der Waals surface area contributed by atoms with Crippen LogP contribution >= 0.6 is 15.9 Å². The molecule has 0 aliphatic heterocycles. The van der Waals surface area contributed by atoms with Crippen LogP contribution < -0.4 is 15.0 Å². The van der Waals surface area contributed by atoms with Crippen LogP contribution in [0.25, 0.3) is 33.5 Å². The van der Waals surface area contributed by atoms with Crippen molar-refractivity contribution in [3.8, 4) is 23.1 Å². The Labute approximate surface area is 227 Å². The number of halogens is 1. The number of carbonyl (C=O) groups is 1. The average Bonchev–Trinajstić information content (AvgIpc) is 3.34. The number of ether oxygens (including phenoxy) is 2. The van der Waals surface area contributed by atoms with Crippen LogP contribution in [0, 0.1) is 10.1 Å². The first-order chi connectivity index (χ1) is 18.7. The van der Waals surface area contributed by atoms with Crippen molar-refractivity contribution in [3.63, 3.8) is 0 Å². The summed E-state index contributed by atoms with van der Waals surface area (Å²) < 4.78 is 18.1. The quantitative estimate of drug-likeness (QED) is 0.151. The number of benzene rings is 3. The number of hydrogen-bond donors (Lipinski definition) is 1. The molecule has 0 unspecified atom stereocenters. The molecule has 2 heterocycles. The maximum Gasteiger partial charge on any atom is 0.341 e. The first kappa shape index (κ1) is 25.6. The largest absolute Gasteiger partial charge is 0.493 e. The van der Waals surface area contributed by atoms with Gasteiger partial charge in [-0.3, -0.25) is 14.9 Å². The Bertz CT molecular complexity index is 1860. The molecule has 12 nitrogen and oxygen atoms in total. The van der Waals surface area contributed by atoms with Crippen molar-refractivity contribution in [2.75, 3.05) is 13.7 Å². The monoisotopic (exact) mass is 592 g/mol. The average molecular weight is 593 g/mol. The lowest BCUT2D eigenvalue weighted by Gasteiger charge is -2.11. The molecule has 5 rings (SSSR count). The number of para-hydroxylation sites is 1. The molecule has 0 fully saturated rings. The summed E-state index contributed by atoms with van der Waals surface area (Å²) in [5, 5.41) is 26.0. The van der Waals surface area contributed by atoms with Gasteiger partial charge in [-0.2, -0.15) is 9.78 Å². The molecule has 0 bridgehead atoms. The minimum atomic E-state index is -1.31. The van der Waals surface area contributed by atoms with Crippen LogP contribution in [0.1, 0.15) is 5.56 Å². The lowest BCUT2D eigenvalue weighted by Crippen LogP contribution is -2.20. The van der Waals surface area contributed by atoms with Gasteiger partial charge in [0.25, 0.3) is 5.56 Å². The lowest BCUT2D eigenvalue weighted by molar-refractivity contribution is -0.385. The third-order valence-corrected chi connectivity index (χ3v) is 6.08. The normalized spacial score (nSPS) is 11.3. The predicted octanol–water partition coefficient (Wildman–Crippen LogP) is 4.83. The molecule has 39 heavy (non-hydrogen) atoms. The highest BCUT2D eigenvalue weighted by molar-refractivity contribution is 9.10. The molecule has 2 aromatic heterocycles. The molecular formula is C26H17BrN4O8. The van der Waals surface area contributed by atoms with E-state index < -0.39 is 28.7 Å². The topological polar surface area (TPSA) is 159 Å². The highest BCUT2D eigenvalue weighted by Gasteiger charge is 2.23. The Morgan fingerprint density at radius 3 is 2.77 bits per heavy atom. The van der Waals surface area contributed by atoms with Gasteiger partial charge >= 0.3 is 11.7 Å². The van der Waals surface area contributed by atoms with E-state index >= 15 is 0 Å². The number of nitro groups is 1. The first-order valence-electron chi connectivity index (χ1n) is 11.2. The fourth-order valence-corrected chi connectivity index (χ4v) is 4.27. The van der Waals surface area contributed by atoms with E-state index in [1.807, 2.05) is 12.1 Å². The minimum Gasteiger partial charge on any atom is -0.493 e. The van der Waals surface area contributed by atoms with E-state index in [4.69, 9.17) is 19.0 Å². The number of furan rings is 1. The zero-order chi connectivity index (χ0) is 27.7. The molecule has 3 aromatic carbocycles. The van der Waals surface area contributed by atoms with E-state index in [9.17, 15) is 19.7 Å². The van der Waals surface area contributed by atoms with E-state index in [0.29, 0.717) is 16.5 Å². The molecular weight excluding hydrogens is 576 g/mol. The van der Waals surface area contributed by atoms with Crippen molar-refractivity contribution in [2.45, 2.75) is 0 Å². The van der Waals surface area contributed by atoms with E-state index in [1.165, 1.54) is 19.4 Å². The Hall–Kier alpha value is -5.04. The van der Waals surface area contributed by atoms with E-state index in [0.717, 1.165) is 20.6 Å². The second-order valence-corrected chi connectivity index (χ2v) is 9.03. The van der Waals surface area contributed by atoms with Crippen LogP contribution in [0.3, 0.4) is 0 Å². The zero-order valence-corrected chi connectivity index (χ0v) is 21.6. The van der Waals surface area contributed by atoms with Crippen molar-refractivity contribution in [2.24, 2.45) is 5.10 Å². The van der Waals surface area contributed by atoms with Crippen molar-refractivity contribution in [1.82, 2.24) is 9.66 Å². The number of carboxylic acid groups (broad SMARTS) is 1. The lowest BCUT2D eigenvalue weighted by atomic mass is 10.2. The van der Waals surface area contributed by atoms with Gasteiger partial charge in [-0.15, -0.1) is 0 Å². The Kier molecular flexibility index (Phi) is 6.81. The van der Waals surface area contributed by atoms with Gasteiger partial charge in [0, 0.05) is 21.5 Å². The summed E-state index contributed by atoms with van der Waals surface area (Å²) >= 11 is 3.42. The molecule has 0 amide bonds. The number of aromatic nitrogens is 2. The second-order valence-electron chi connectivity index (χ2n) is 8.12. The number of fused-ring (bicyclic) bond motifs is 2. The fraction of sp³-hybridized carbons (Fsp3) is 0.0769. The van der Waals surface area contributed by atoms with Gasteiger partial charge in [-0.1, -0.05) is 28.1 Å². The molecule has 1 N–H and O–H groups in total. The third kappa shape index (κ3) is 5.07. The first-order valence-corrected chi connectivity index (χ1v) is 12.0. The number of carboxylic acids is 1. The van der Waals surface area contributed by atoms with Gasteiger partial charge < -0.3 is 19.0 Å². The van der Waals surface area contributed by atoms with E-state index in [-0.39, 0.29) is 28.6 Å². The van der Waals surface area contributed by atoms with Crippen LogP contribution in [-0.4, -0.2) is 45.6 Å². The highest BCUT2D eigenvalue weighted by atomic mass is 79.9. The van der Waals surface area contributed by atoms with Gasteiger partial charge in [0.1, 0.15) is 5.58 Å². The molecule has 0 saturated carbocycles. The molecule has 0 aliphatic carbocycles. The Morgan fingerprint density at radius 1 is 1.23 bits per heavy atom. The van der Waals surface area contributed by atoms with E-state index in [1.54, 1.807) is 36.4 Å². The fourth-order valence-electron chi connectivity index (χ4n) is 3.89. The van der Waals surface area contributed by atoms with Crippen LogP contribution in [0.5, 0.6) is 11.5 Å². The van der Waals surface area contributed by atoms with E-state index in [2.05, 4.69) is 26.0 Å². The molecule has 0 saturated heterocycles. The molecule has 13 heteroatoms. The number of nitrogens with zero attached hydrogens (tertiary/aromatic N) is 4. The van der Waals surface area contributed by atoms with Crippen LogP contribution in [0.2, 0.25) is 0 Å². The SMILES string of the molecule is COc1cc(C=Nn2c(-c3cc4cc(Br)ccc4o3)nc3ccccc3c2=O)cc([N+](=O)[O-])c1OCC(=O)O. The summed E-state index contributed by atoms with van der Waals surface area (Å²) in [5.74, 6) is -1.35. The maximum absolute atomic E-state index is 13.5. The summed E-state index contributed by atoms with van der Waals surface area (Å²) in [5.41, 5.74) is 0.160. The van der Waals surface area contributed by atoms with Gasteiger partial charge in [0.15, 0.2) is 18.1 Å². The van der Waals surface area contributed by atoms with Crippen molar-refractivity contribution in [3.05, 3.63) is 91.2 Å². The van der Waals surface area contributed by atoms with Crippen molar-refractivity contribution < 1.29 is 28.7 Å². The molecule has 0 radical (unpaired) electrons. The summed E-state index contributed by atoms with van der Waals surface area (Å²) in [6.07, 6.45) is 1.22. The second kappa shape index (κ2) is 10.4. The van der Waals surface area contributed by atoms with Gasteiger partial charge in [0.2, 0.25) is 11.6 Å². The molecule has 5 aromatic rings. The highest BCUT2D eigenvalue weighted by Crippen LogP contribution is 2.38. The van der Waals surface area contributed by atoms with Crippen LogP contribution in [-0.2, 0) is 4.79 Å². The molecule has 0 atom stereocenters. The number of hydrogen-bond acceptors (Lipinski definition) is 9. The predicted molar refractivity (Wildman–Crippen MR) is 145 cm³/mol. The minimum absolute atomic E-state index is 0.0843. The summed E-state index contributed by atoms with van der Waals surface area (Å²) in [6.45, 7) is -0.805. The summed E-state index contributed by atoms with van der Waals surface area (Å²) in [4.78, 5) is 40.0. The maximum atomic E-state index is 13.5. The number of nitro benzene ring substituents is 1. The summed E-state index contributed by atoms with van der Waals surface area (Å²) in [6, 6.07) is 16.4. The van der Waals surface area contributed by atoms with Crippen molar-refractivity contribution >= 4 is 55.7 Å². The van der Waals surface area contributed by atoms with Crippen LogP contribution in [0.15, 0.2) is 79.4 Å². The Balaban J connectivity index is 1.67.